The average molecular weight is 400 g/mol. The molecule has 0 saturated carbocycles. The van der Waals surface area contributed by atoms with E-state index in [1.54, 1.807) is 7.11 Å². The van der Waals surface area contributed by atoms with Crippen molar-refractivity contribution < 1.29 is 4.74 Å². The van der Waals surface area contributed by atoms with E-state index < -0.39 is 0 Å². The number of nitrogen functional groups attached to an aromatic ring is 1. The number of ether oxygens (including phenoxy) is 1. The SMILES string of the molecule is COc1ccc(C)cc1Nc1ncnc(Nc2ccccc2Br)c1N. The van der Waals surface area contributed by atoms with Gasteiger partial charge in [0.1, 0.15) is 17.8 Å². The Morgan fingerprint density at radius 3 is 2.36 bits per heavy atom. The Balaban J connectivity index is 1.92. The maximum Gasteiger partial charge on any atom is 0.159 e. The number of nitrogens with zero attached hydrogens (tertiary/aromatic N) is 2. The largest absolute Gasteiger partial charge is 0.495 e. The Bertz CT molecular complexity index is 900. The molecule has 2 aromatic carbocycles. The number of hydrogen-bond acceptors (Lipinski definition) is 6. The first kappa shape index (κ1) is 17.0. The normalized spacial score (nSPS) is 10.4. The molecule has 0 aliphatic carbocycles. The molecule has 6 nitrogen and oxygen atoms in total. The highest BCUT2D eigenvalue weighted by Crippen LogP contribution is 2.33. The van der Waals surface area contributed by atoms with Crippen molar-refractivity contribution in [3.05, 3.63) is 58.8 Å². The van der Waals surface area contributed by atoms with E-state index in [0.717, 1.165) is 21.4 Å². The zero-order valence-electron chi connectivity index (χ0n) is 13.9. The van der Waals surface area contributed by atoms with Crippen LogP contribution in [0.1, 0.15) is 5.56 Å². The predicted molar refractivity (Wildman–Crippen MR) is 105 cm³/mol. The van der Waals surface area contributed by atoms with Gasteiger partial charge < -0.3 is 21.1 Å². The number of nitrogens with one attached hydrogen (secondary N) is 2. The van der Waals surface area contributed by atoms with Crippen molar-refractivity contribution in [3.8, 4) is 5.75 Å². The molecular formula is C18H18BrN5O. The van der Waals surface area contributed by atoms with E-state index in [1.165, 1.54) is 6.33 Å². The molecule has 0 atom stereocenters. The average Bonchev–Trinajstić information content (AvgIpc) is 2.60. The van der Waals surface area contributed by atoms with Crippen LogP contribution >= 0.6 is 15.9 Å². The molecule has 0 radical (unpaired) electrons. The highest BCUT2D eigenvalue weighted by atomic mass is 79.9. The quantitative estimate of drug-likeness (QED) is 0.579. The molecule has 3 aromatic rings. The third kappa shape index (κ3) is 3.83. The first-order valence-corrected chi connectivity index (χ1v) is 8.41. The molecule has 0 saturated heterocycles. The van der Waals surface area contributed by atoms with Gasteiger partial charge in [-0.25, -0.2) is 9.97 Å². The fraction of sp³-hybridized carbons (Fsp3) is 0.111. The summed E-state index contributed by atoms with van der Waals surface area (Å²) in [5.41, 5.74) is 9.43. The minimum Gasteiger partial charge on any atom is -0.495 e. The lowest BCUT2D eigenvalue weighted by Crippen LogP contribution is -2.06. The van der Waals surface area contributed by atoms with Crippen LogP contribution in [0.15, 0.2) is 53.3 Å². The van der Waals surface area contributed by atoms with Crippen molar-refractivity contribution in [1.82, 2.24) is 9.97 Å². The number of aryl methyl sites for hydroxylation is 1. The minimum atomic E-state index is 0.418. The molecule has 0 aliphatic rings. The van der Waals surface area contributed by atoms with Crippen LogP contribution in [0.3, 0.4) is 0 Å². The summed E-state index contributed by atoms with van der Waals surface area (Å²) in [5.74, 6) is 1.74. The predicted octanol–water partition coefficient (Wildman–Crippen LogP) is 4.63. The van der Waals surface area contributed by atoms with Gasteiger partial charge in [0.15, 0.2) is 11.6 Å². The molecular weight excluding hydrogens is 382 g/mol. The second-order valence-electron chi connectivity index (χ2n) is 5.42. The summed E-state index contributed by atoms with van der Waals surface area (Å²) < 4.78 is 6.30. The van der Waals surface area contributed by atoms with E-state index in [2.05, 4.69) is 36.5 Å². The van der Waals surface area contributed by atoms with Crippen LogP contribution in [0.4, 0.5) is 28.7 Å². The lowest BCUT2D eigenvalue weighted by Gasteiger charge is -2.15. The number of methoxy groups -OCH3 is 1. The van der Waals surface area contributed by atoms with Gasteiger partial charge in [-0.15, -0.1) is 0 Å². The number of hydrogen-bond donors (Lipinski definition) is 3. The Hall–Kier alpha value is -2.80. The van der Waals surface area contributed by atoms with E-state index >= 15 is 0 Å². The number of halogens is 1. The van der Waals surface area contributed by atoms with Gasteiger partial charge in [-0.1, -0.05) is 18.2 Å². The third-order valence-electron chi connectivity index (χ3n) is 3.62. The van der Waals surface area contributed by atoms with Crippen molar-refractivity contribution in [3.63, 3.8) is 0 Å². The molecule has 0 spiro atoms. The summed E-state index contributed by atoms with van der Waals surface area (Å²) >= 11 is 3.50. The highest BCUT2D eigenvalue weighted by Gasteiger charge is 2.12. The number of aromatic nitrogens is 2. The summed E-state index contributed by atoms with van der Waals surface area (Å²) in [6.07, 6.45) is 1.46. The van der Waals surface area contributed by atoms with Gasteiger partial charge in [0.25, 0.3) is 0 Å². The van der Waals surface area contributed by atoms with Crippen molar-refractivity contribution in [1.29, 1.82) is 0 Å². The van der Waals surface area contributed by atoms with Gasteiger partial charge >= 0.3 is 0 Å². The summed E-state index contributed by atoms with van der Waals surface area (Å²) in [4.78, 5) is 8.49. The number of para-hydroxylation sites is 1. The summed E-state index contributed by atoms with van der Waals surface area (Å²) in [5, 5.41) is 6.43. The lowest BCUT2D eigenvalue weighted by atomic mass is 10.2. The molecule has 4 N–H and O–H groups in total. The van der Waals surface area contributed by atoms with Crippen molar-refractivity contribution in [2.24, 2.45) is 0 Å². The molecule has 0 amide bonds. The third-order valence-corrected chi connectivity index (χ3v) is 4.31. The van der Waals surface area contributed by atoms with E-state index in [4.69, 9.17) is 10.5 Å². The molecule has 1 heterocycles. The van der Waals surface area contributed by atoms with Crippen LogP contribution in [0.5, 0.6) is 5.75 Å². The Morgan fingerprint density at radius 1 is 1.00 bits per heavy atom. The van der Waals surface area contributed by atoms with Crippen LogP contribution in [-0.2, 0) is 0 Å². The fourth-order valence-electron chi connectivity index (χ4n) is 2.33. The number of rotatable bonds is 5. The first-order valence-electron chi connectivity index (χ1n) is 7.62. The Morgan fingerprint density at radius 2 is 1.68 bits per heavy atom. The van der Waals surface area contributed by atoms with Gasteiger partial charge in [-0.3, -0.25) is 0 Å². The summed E-state index contributed by atoms with van der Waals surface area (Å²) in [6.45, 7) is 2.01. The topological polar surface area (TPSA) is 85.1 Å². The van der Waals surface area contributed by atoms with Gasteiger partial charge in [0.05, 0.1) is 18.5 Å². The maximum atomic E-state index is 6.25. The molecule has 3 rings (SSSR count). The number of benzene rings is 2. The van der Waals surface area contributed by atoms with Gasteiger partial charge in [0.2, 0.25) is 0 Å². The van der Waals surface area contributed by atoms with Crippen LogP contribution in [0, 0.1) is 6.92 Å². The molecule has 0 fully saturated rings. The van der Waals surface area contributed by atoms with Crippen LogP contribution < -0.4 is 21.1 Å². The Labute approximate surface area is 154 Å². The second-order valence-corrected chi connectivity index (χ2v) is 6.27. The van der Waals surface area contributed by atoms with Crippen molar-refractivity contribution in [2.75, 3.05) is 23.5 Å². The smallest absolute Gasteiger partial charge is 0.159 e. The van der Waals surface area contributed by atoms with Gasteiger partial charge in [0, 0.05) is 4.47 Å². The van der Waals surface area contributed by atoms with Gasteiger partial charge in [-0.2, -0.15) is 0 Å². The van der Waals surface area contributed by atoms with Crippen molar-refractivity contribution in [2.45, 2.75) is 6.92 Å². The van der Waals surface area contributed by atoms with Crippen LogP contribution in [0.25, 0.3) is 0 Å². The Kier molecular flexibility index (Phi) is 5.04. The molecule has 0 unspecified atom stereocenters. The highest BCUT2D eigenvalue weighted by molar-refractivity contribution is 9.10. The monoisotopic (exact) mass is 399 g/mol. The molecule has 7 heteroatoms. The standard InChI is InChI=1S/C18H18BrN5O/c1-11-7-8-15(25-2)14(9-11)24-18-16(20)17(21-10-22-18)23-13-6-4-3-5-12(13)19/h3-10H,20H2,1-2H3,(H2,21,22,23,24). The molecule has 1 aromatic heterocycles. The molecule has 128 valence electrons. The van der Waals surface area contributed by atoms with E-state index in [0.29, 0.717) is 23.1 Å². The van der Waals surface area contributed by atoms with E-state index in [1.807, 2.05) is 49.4 Å². The summed E-state index contributed by atoms with van der Waals surface area (Å²) in [6, 6.07) is 13.6. The first-order chi connectivity index (χ1) is 12.1. The van der Waals surface area contributed by atoms with Gasteiger partial charge in [-0.05, 0) is 52.7 Å². The number of nitrogens with two attached hydrogens (primary N) is 1. The summed E-state index contributed by atoms with van der Waals surface area (Å²) in [7, 11) is 1.62. The zero-order valence-corrected chi connectivity index (χ0v) is 15.5. The molecule has 0 bridgehead atoms. The maximum absolute atomic E-state index is 6.25. The minimum absolute atomic E-state index is 0.418. The van der Waals surface area contributed by atoms with Crippen LogP contribution in [0.2, 0.25) is 0 Å². The molecule has 0 aliphatic heterocycles. The fourth-order valence-corrected chi connectivity index (χ4v) is 2.72. The van der Waals surface area contributed by atoms with E-state index in [-0.39, 0.29) is 0 Å². The lowest BCUT2D eigenvalue weighted by molar-refractivity contribution is 0.416. The number of anilines is 5. The molecule has 25 heavy (non-hydrogen) atoms. The van der Waals surface area contributed by atoms with E-state index in [9.17, 15) is 0 Å². The van der Waals surface area contributed by atoms with Crippen molar-refractivity contribution >= 4 is 44.6 Å². The zero-order chi connectivity index (χ0) is 17.8. The van der Waals surface area contributed by atoms with Crippen LogP contribution in [-0.4, -0.2) is 17.1 Å². The second kappa shape index (κ2) is 7.40.